The van der Waals surface area contributed by atoms with Crippen LogP contribution < -0.4 is 5.32 Å². The fourth-order valence-electron chi connectivity index (χ4n) is 2.46. The zero-order chi connectivity index (χ0) is 17.2. The van der Waals surface area contributed by atoms with Crippen molar-refractivity contribution < 1.29 is 17.6 Å². The van der Waals surface area contributed by atoms with Crippen molar-refractivity contribution in [3.63, 3.8) is 0 Å². The number of carbonyl (C=O) groups is 1. The highest BCUT2D eigenvalue weighted by atomic mass is 32.2. The van der Waals surface area contributed by atoms with Gasteiger partial charge in [-0.05, 0) is 36.2 Å². The van der Waals surface area contributed by atoms with Gasteiger partial charge in [-0.15, -0.1) is 0 Å². The van der Waals surface area contributed by atoms with Crippen LogP contribution in [0.4, 0.5) is 4.39 Å². The van der Waals surface area contributed by atoms with Crippen molar-refractivity contribution in [2.45, 2.75) is 17.6 Å². The number of thioether (sulfide) groups is 1. The van der Waals surface area contributed by atoms with Gasteiger partial charge in [0.05, 0.1) is 29.1 Å². The van der Waals surface area contributed by atoms with Crippen LogP contribution in [0, 0.1) is 5.82 Å². The van der Waals surface area contributed by atoms with Crippen LogP contribution in [-0.4, -0.2) is 47.6 Å². The summed E-state index contributed by atoms with van der Waals surface area (Å²) in [7, 11) is -3.01. The summed E-state index contributed by atoms with van der Waals surface area (Å²) < 4.78 is 35.7. The van der Waals surface area contributed by atoms with E-state index in [4.69, 9.17) is 0 Å². The Balaban J connectivity index is 1.52. The molecule has 2 aromatic rings. The summed E-state index contributed by atoms with van der Waals surface area (Å²) in [6, 6.07) is 5.72. The van der Waals surface area contributed by atoms with Crippen molar-refractivity contribution in [1.29, 1.82) is 0 Å². The Morgan fingerprint density at radius 2 is 2.12 bits per heavy atom. The lowest BCUT2D eigenvalue weighted by Crippen LogP contribution is -2.36. The molecule has 2 N–H and O–H groups in total. The molecule has 2 heterocycles. The SMILES string of the molecule is O=C(CSc1ncc(-c2ccc(F)cc2)[nH]1)NC1CCS(=O)(=O)C1. The van der Waals surface area contributed by atoms with Gasteiger partial charge in [-0.3, -0.25) is 4.79 Å². The van der Waals surface area contributed by atoms with Gasteiger partial charge in [-0.2, -0.15) is 0 Å². The number of carbonyl (C=O) groups excluding carboxylic acids is 1. The first-order valence-corrected chi connectivity index (χ1v) is 10.2. The third-order valence-electron chi connectivity index (χ3n) is 3.65. The standard InChI is InChI=1S/C15H16FN3O3S2/c16-11-3-1-10(2-4-11)13-7-17-15(19-13)23-8-14(20)18-12-5-6-24(21,22)9-12/h1-4,7,12H,5-6,8-9H2,(H,17,19)(H,18,20). The molecule has 0 radical (unpaired) electrons. The van der Waals surface area contributed by atoms with E-state index in [0.29, 0.717) is 11.6 Å². The third kappa shape index (κ3) is 4.35. The highest BCUT2D eigenvalue weighted by Crippen LogP contribution is 2.21. The van der Waals surface area contributed by atoms with Crippen LogP contribution in [0.1, 0.15) is 6.42 Å². The van der Waals surface area contributed by atoms with Gasteiger partial charge in [0.25, 0.3) is 0 Å². The number of rotatable bonds is 5. The molecule has 0 aliphatic carbocycles. The highest BCUT2D eigenvalue weighted by molar-refractivity contribution is 7.99. The number of aromatic amines is 1. The minimum absolute atomic E-state index is 0.0128. The number of amides is 1. The van der Waals surface area contributed by atoms with Crippen LogP contribution in [0.5, 0.6) is 0 Å². The number of hydrogen-bond acceptors (Lipinski definition) is 5. The first kappa shape index (κ1) is 17.0. The molecule has 3 rings (SSSR count). The summed E-state index contributed by atoms with van der Waals surface area (Å²) >= 11 is 1.23. The first-order chi connectivity index (χ1) is 11.4. The molecule has 1 fully saturated rings. The molecular weight excluding hydrogens is 353 g/mol. The predicted octanol–water partition coefficient (Wildman–Crippen LogP) is 1.61. The van der Waals surface area contributed by atoms with Crippen molar-refractivity contribution in [3.05, 3.63) is 36.3 Å². The maximum absolute atomic E-state index is 12.9. The molecule has 0 saturated carbocycles. The summed E-state index contributed by atoms with van der Waals surface area (Å²) in [4.78, 5) is 19.1. The number of halogens is 1. The van der Waals surface area contributed by atoms with Gasteiger partial charge in [-0.1, -0.05) is 11.8 Å². The summed E-state index contributed by atoms with van der Waals surface area (Å²) in [5.41, 5.74) is 1.54. The summed E-state index contributed by atoms with van der Waals surface area (Å²) in [6.45, 7) is 0. The van der Waals surface area contributed by atoms with Crippen molar-refractivity contribution in [1.82, 2.24) is 15.3 Å². The van der Waals surface area contributed by atoms with Crippen LogP contribution in [0.2, 0.25) is 0 Å². The first-order valence-electron chi connectivity index (χ1n) is 7.35. The highest BCUT2D eigenvalue weighted by Gasteiger charge is 2.28. The Morgan fingerprint density at radius 1 is 1.38 bits per heavy atom. The van der Waals surface area contributed by atoms with E-state index in [2.05, 4.69) is 15.3 Å². The fraction of sp³-hybridized carbons (Fsp3) is 0.333. The van der Waals surface area contributed by atoms with Crippen LogP contribution in [-0.2, 0) is 14.6 Å². The zero-order valence-electron chi connectivity index (χ0n) is 12.7. The number of nitrogens with one attached hydrogen (secondary N) is 2. The Labute approximate surface area is 143 Å². The van der Waals surface area contributed by atoms with E-state index in [1.165, 1.54) is 23.9 Å². The average Bonchev–Trinajstić information content (AvgIpc) is 3.12. The molecule has 1 amide bonds. The van der Waals surface area contributed by atoms with Crippen molar-refractivity contribution in [2.24, 2.45) is 0 Å². The van der Waals surface area contributed by atoms with Crippen LogP contribution in [0.15, 0.2) is 35.6 Å². The molecule has 1 aromatic heterocycles. The number of hydrogen-bond donors (Lipinski definition) is 2. The number of sulfone groups is 1. The lowest BCUT2D eigenvalue weighted by Gasteiger charge is -2.09. The van der Waals surface area contributed by atoms with E-state index in [-0.39, 0.29) is 35.0 Å². The molecule has 9 heteroatoms. The van der Waals surface area contributed by atoms with E-state index >= 15 is 0 Å². The van der Waals surface area contributed by atoms with Gasteiger partial charge in [0.15, 0.2) is 15.0 Å². The Morgan fingerprint density at radius 3 is 2.79 bits per heavy atom. The maximum Gasteiger partial charge on any atom is 0.230 e. The fourth-order valence-corrected chi connectivity index (χ4v) is 4.80. The van der Waals surface area contributed by atoms with Gasteiger partial charge in [0.1, 0.15) is 5.82 Å². The lowest BCUT2D eigenvalue weighted by molar-refractivity contribution is -0.119. The smallest absolute Gasteiger partial charge is 0.230 e. The van der Waals surface area contributed by atoms with Gasteiger partial charge < -0.3 is 10.3 Å². The molecule has 1 atom stereocenters. The minimum atomic E-state index is -3.01. The third-order valence-corrected chi connectivity index (χ3v) is 6.30. The average molecular weight is 369 g/mol. The normalized spacial score (nSPS) is 19.3. The monoisotopic (exact) mass is 369 g/mol. The minimum Gasteiger partial charge on any atom is -0.352 e. The van der Waals surface area contributed by atoms with Gasteiger partial charge >= 0.3 is 0 Å². The summed E-state index contributed by atoms with van der Waals surface area (Å²) in [5.74, 6) is -0.240. The molecule has 0 bridgehead atoms. The molecule has 1 aliphatic heterocycles. The number of benzene rings is 1. The van der Waals surface area contributed by atoms with Crippen LogP contribution in [0.3, 0.4) is 0 Å². The van der Waals surface area contributed by atoms with E-state index in [1.807, 2.05) is 0 Å². The second kappa shape index (κ2) is 6.94. The molecule has 1 aliphatic rings. The molecule has 0 spiro atoms. The molecule has 128 valence electrons. The van der Waals surface area contributed by atoms with Crippen LogP contribution >= 0.6 is 11.8 Å². The molecule has 1 aromatic carbocycles. The van der Waals surface area contributed by atoms with Crippen LogP contribution in [0.25, 0.3) is 11.3 Å². The number of nitrogens with zero attached hydrogens (tertiary/aromatic N) is 1. The van der Waals surface area contributed by atoms with Crippen molar-refractivity contribution in [3.8, 4) is 11.3 Å². The molecular formula is C15H16FN3O3S2. The van der Waals surface area contributed by atoms with Crippen molar-refractivity contribution >= 4 is 27.5 Å². The second-order valence-electron chi connectivity index (χ2n) is 5.57. The summed E-state index contributed by atoms with van der Waals surface area (Å²) in [5, 5.41) is 3.30. The van der Waals surface area contributed by atoms with E-state index in [1.54, 1.807) is 18.3 Å². The quantitative estimate of drug-likeness (QED) is 0.782. The summed E-state index contributed by atoms with van der Waals surface area (Å²) in [6.07, 6.45) is 2.09. The molecule has 24 heavy (non-hydrogen) atoms. The van der Waals surface area contributed by atoms with Gasteiger partial charge in [0.2, 0.25) is 5.91 Å². The second-order valence-corrected chi connectivity index (χ2v) is 8.76. The molecule has 1 unspecified atom stereocenters. The zero-order valence-corrected chi connectivity index (χ0v) is 14.3. The van der Waals surface area contributed by atoms with Gasteiger partial charge in [-0.25, -0.2) is 17.8 Å². The van der Waals surface area contributed by atoms with Gasteiger partial charge in [0, 0.05) is 6.04 Å². The Kier molecular flexibility index (Phi) is 4.91. The maximum atomic E-state index is 12.9. The largest absolute Gasteiger partial charge is 0.352 e. The lowest BCUT2D eigenvalue weighted by atomic mass is 10.2. The number of H-pyrrole nitrogens is 1. The Bertz CT molecular complexity index is 834. The predicted molar refractivity (Wildman–Crippen MR) is 89.9 cm³/mol. The van der Waals surface area contributed by atoms with E-state index in [0.717, 1.165) is 11.3 Å². The topological polar surface area (TPSA) is 91.9 Å². The molecule has 6 nitrogen and oxygen atoms in total. The number of aromatic nitrogens is 2. The Hall–Kier alpha value is -1.87. The van der Waals surface area contributed by atoms with E-state index < -0.39 is 9.84 Å². The number of imidazole rings is 1. The van der Waals surface area contributed by atoms with Crippen molar-refractivity contribution in [2.75, 3.05) is 17.3 Å². The molecule has 1 saturated heterocycles. The van der Waals surface area contributed by atoms with E-state index in [9.17, 15) is 17.6 Å².